The standard InChI is InChI=1S/C12H15ClO/c1-8(2)6-12(14)10-5-4-9(3)7-11(10)13/h4-7,12,14H,1-3H3. The Hall–Kier alpha value is -0.790. The molecule has 1 unspecified atom stereocenters. The van der Waals surface area contributed by atoms with Crippen molar-refractivity contribution in [3.8, 4) is 0 Å². The van der Waals surface area contributed by atoms with Gasteiger partial charge in [-0.2, -0.15) is 0 Å². The van der Waals surface area contributed by atoms with E-state index in [9.17, 15) is 5.11 Å². The van der Waals surface area contributed by atoms with Crippen LogP contribution in [0.25, 0.3) is 0 Å². The Morgan fingerprint density at radius 1 is 1.43 bits per heavy atom. The van der Waals surface area contributed by atoms with Crippen LogP contribution in [0.1, 0.15) is 31.1 Å². The summed E-state index contributed by atoms with van der Waals surface area (Å²) in [6.45, 7) is 5.87. The zero-order valence-electron chi connectivity index (χ0n) is 8.71. The van der Waals surface area contributed by atoms with Crippen molar-refractivity contribution in [3.63, 3.8) is 0 Å². The average molecular weight is 211 g/mol. The van der Waals surface area contributed by atoms with E-state index in [-0.39, 0.29) is 0 Å². The summed E-state index contributed by atoms with van der Waals surface area (Å²) in [5, 5.41) is 10.4. The summed E-state index contributed by atoms with van der Waals surface area (Å²) in [7, 11) is 0. The maximum atomic E-state index is 9.80. The second kappa shape index (κ2) is 4.63. The summed E-state index contributed by atoms with van der Waals surface area (Å²) in [6.07, 6.45) is 1.18. The predicted octanol–water partition coefficient (Wildman–Crippen LogP) is 3.65. The molecule has 14 heavy (non-hydrogen) atoms. The van der Waals surface area contributed by atoms with Crippen molar-refractivity contribution < 1.29 is 5.11 Å². The summed E-state index contributed by atoms with van der Waals surface area (Å²) in [4.78, 5) is 0. The van der Waals surface area contributed by atoms with Crippen molar-refractivity contribution >= 4 is 11.6 Å². The highest BCUT2D eigenvalue weighted by atomic mass is 35.5. The molecule has 0 aliphatic carbocycles. The smallest absolute Gasteiger partial charge is 0.0988 e. The van der Waals surface area contributed by atoms with E-state index in [0.717, 1.165) is 16.7 Å². The summed E-state index contributed by atoms with van der Waals surface area (Å²) in [6, 6.07) is 5.67. The van der Waals surface area contributed by atoms with E-state index >= 15 is 0 Å². The van der Waals surface area contributed by atoms with Gasteiger partial charge in [0.25, 0.3) is 0 Å². The molecule has 0 aliphatic rings. The van der Waals surface area contributed by atoms with E-state index in [4.69, 9.17) is 11.6 Å². The minimum atomic E-state index is -0.604. The van der Waals surface area contributed by atoms with Gasteiger partial charge in [-0.05, 0) is 32.4 Å². The Bertz CT molecular complexity index is 351. The van der Waals surface area contributed by atoms with E-state index < -0.39 is 6.10 Å². The lowest BCUT2D eigenvalue weighted by Crippen LogP contribution is -1.95. The molecule has 76 valence electrons. The first-order valence-electron chi connectivity index (χ1n) is 4.60. The summed E-state index contributed by atoms with van der Waals surface area (Å²) < 4.78 is 0. The Labute approximate surface area is 90.0 Å². The molecular weight excluding hydrogens is 196 g/mol. The minimum absolute atomic E-state index is 0.604. The lowest BCUT2D eigenvalue weighted by molar-refractivity contribution is 0.228. The number of aryl methyl sites for hydroxylation is 1. The second-order valence-electron chi connectivity index (χ2n) is 3.71. The normalized spacial score (nSPS) is 12.4. The van der Waals surface area contributed by atoms with Crippen LogP contribution in [0.2, 0.25) is 5.02 Å². The predicted molar refractivity (Wildman–Crippen MR) is 60.6 cm³/mol. The van der Waals surface area contributed by atoms with Crippen molar-refractivity contribution in [2.45, 2.75) is 26.9 Å². The van der Waals surface area contributed by atoms with Crippen LogP contribution in [0.15, 0.2) is 29.8 Å². The number of halogens is 1. The molecule has 0 saturated heterocycles. The number of rotatable bonds is 2. The lowest BCUT2D eigenvalue weighted by atomic mass is 10.1. The molecule has 0 amide bonds. The van der Waals surface area contributed by atoms with E-state index in [0.29, 0.717) is 5.02 Å². The van der Waals surface area contributed by atoms with Gasteiger partial charge >= 0.3 is 0 Å². The maximum Gasteiger partial charge on any atom is 0.0988 e. The van der Waals surface area contributed by atoms with Crippen molar-refractivity contribution in [2.24, 2.45) is 0 Å². The fraction of sp³-hybridized carbons (Fsp3) is 0.333. The van der Waals surface area contributed by atoms with Gasteiger partial charge in [0.2, 0.25) is 0 Å². The van der Waals surface area contributed by atoms with Gasteiger partial charge in [0.15, 0.2) is 0 Å². The quantitative estimate of drug-likeness (QED) is 0.739. The highest BCUT2D eigenvalue weighted by molar-refractivity contribution is 6.31. The lowest BCUT2D eigenvalue weighted by Gasteiger charge is -2.09. The zero-order valence-corrected chi connectivity index (χ0v) is 9.47. The fourth-order valence-electron chi connectivity index (χ4n) is 1.28. The molecule has 1 rings (SSSR count). The summed E-state index contributed by atoms with van der Waals surface area (Å²) in [5.74, 6) is 0. The molecule has 0 saturated carbocycles. The number of hydrogen-bond acceptors (Lipinski definition) is 1. The largest absolute Gasteiger partial charge is 0.384 e. The van der Waals surface area contributed by atoms with Crippen LogP contribution < -0.4 is 0 Å². The molecular formula is C12H15ClO. The average Bonchev–Trinajstić information content (AvgIpc) is 2.01. The number of aliphatic hydroxyl groups excluding tert-OH is 1. The SMILES string of the molecule is CC(C)=CC(O)c1ccc(C)cc1Cl. The van der Waals surface area contributed by atoms with E-state index in [2.05, 4.69) is 0 Å². The number of aliphatic hydroxyl groups is 1. The summed E-state index contributed by atoms with van der Waals surface area (Å²) in [5.41, 5.74) is 2.94. The molecule has 1 atom stereocenters. The van der Waals surface area contributed by atoms with Crippen LogP contribution in [0, 0.1) is 6.92 Å². The van der Waals surface area contributed by atoms with Gasteiger partial charge in [0, 0.05) is 10.6 Å². The number of hydrogen-bond donors (Lipinski definition) is 1. The van der Waals surface area contributed by atoms with Gasteiger partial charge in [-0.3, -0.25) is 0 Å². The maximum absolute atomic E-state index is 9.80. The molecule has 0 heterocycles. The Kier molecular flexibility index (Phi) is 3.73. The van der Waals surface area contributed by atoms with Gasteiger partial charge in [-0.1, -0.05) is 35.4 Å². The van der Waals surface area contributed by atoms with Crippen LogP contribution >= 0.6 is 11.6 Å². The Balaban J connectivity index is 3.02. The first-order chi connectivity index (χ1) is 6.50. The van der Waals surface area contributed by atoms with Gasteiger partial charge in [0.1, 0.15) is 0 Å². The van der Waals surface area contributed by atoms with Gasteiger partial charge in [0.05, 0.1) is 6.10 Å². The van der Waals surface area contributed by atoms with E-state index in [1.54, 1.807) is 6.08 Å². The van der Waals surface area contributed by atoms with Crippen molar-refractivity contribution in [2.75, 3.05) is 0 Å². The third-order valence-corrected chi connectivity index (χ3v) is 2.29. The molecule has 0 fully saturated rings. The highest BCUT2D eigenvalue weighted by Crippen LogP contribution is 2.25. The summed E-state index contributed by atoms with van der Waals surface area (Å²) >= 11 is 6.02. The van der Waals surface area contributed by atoms with Crippen molar-refractivity contribution in [1.29, 1.82) is 0 Å². The van der Waals surface area contributed by atoms with E-state index in [1.165, 1.54) is 0 Å². The third kappa shape index (κ3) is 2.86. The van der Waals surface area contributed by atoms with E-state index in [1.807, 2.05) is 39.0 Å². The van der Waals surface area contributed by atoms with Crippen LogP contribution in [0.5, 0.6) is 0 Å². The molecule has 1 nitrogen and oxygen atoms in total. The molecule has 1 aromatic carbocycles. The van der Waals surface area contributed by atoms with Crippen molar-refractivity contribution in [1.82, 2.24) is 0 Å². The first-order valence-corrected chi connectivity index (χ1v) is 4.97. The van der Waals surface area contributed by atoms with Gasteiger partial charge < -0.3 is 5.11 Å². The number of benzene rings is 1. The molecule has 0 aromatic heterocycles. The third-order valence-electron chi connectivity index (χ3n) is 1.97. The molecule has 0 bridgehead atoms. The monoisotopic (exact) mass is 210 g/mol. The Morgan fingerprint density at radius 2 is 2.07 bits per heavy atom. The topological polar surface area (TPSA) is 20.2 Å². The second-order valence-corrected chi connectivity index (χ2v) is 4.12. The first kappa shape index (κ1) is 11.3. The van der Waals surface area contributed by atoms with Crippen LogP contribution in [0.4, 0.5) is 0 Å². The van der Waals surface area contributed by atoms with Crippen LogP contribution in [-0.4, -0.2) is 5.11 Å². The highest BCUT2D eigenvalue weighted by Gasteiger charge is 2.08. The molecule has 1 aromatic rings. The van der Waals surface area contributed by atoms with Crippen LogP contribution in [0.3, 0.4) is 0 Å². The molecule has 0 radical (unpaired) electrons. The molecule has 0 aliphatic heterocycles. The van der Waals surface area contributed by atoms with Gasteiger partial charge in [-0.25, -0.2) is 0 Å². The fourth-order valence-corrected chi connectivity index (χ4v) is 1.62. The van der Waals surface area contributed by atoms with Crippen LogP contribution in [-0.2, 0) is 0 Å². The molecule has 0 spiro atoms. The number of allylic oxidation sites excluding steroid dienone is 1. The Morgan fingerprint density at radius 3 is 2.57 bits per heavy atom. The molecule has 1 N–H and O–H groups in total. The minimum Gasteiger partial charge on any atom is -0.384 e. The van der Waals surface area contributed by atoms with Gasteiger partial charge in [-0.15, -0.1) is 0 Å². The molecule has 2 heteroatoms. The van der Waals surface area contributed by atoms with Crippen molar-refractivity contribution in [3.05, 3.63) is 46.0 Å². The zero-order chi connectivity index (χ0) is 10.7.